The van der Waals surface area contributed by atoms with Gasteiger partial charge < -0.3 is 100 Å². The van der Waals surface area contributed by atoms with Gasteiger partial charge in [0.15, 0.2) is 20.4 Å². The second-order valence-corrected chi connectivity index (χ2v) is 36.6. The molecule has 28 heteroatoms. The summed E-state index contributed by atoms with van der Waals surface area (Å²) in [5, 5.41) is 129. The lowest BCUT2D eigenvalue weighted by Crippen LogP contribution is -2.31. The van der Waals surface area contributed by atoms with E-state index < -0.39 is 24.4 Å². The topological polar surface area (TPSA) is 269 Å². The molecule has 5 unspecified atom stereocenters. The molecule has 14 aromatic carbocycles. The molecule has 4 saturated heterocycles. The summed E-state index contributed by atoms with van der Waals surface area (Å²) >= 11 is 23.3. The maximum Gasteiger partial charge on any atom is 0.176 e. The van der Waals surface area contributed by atoms with E-state index in [1.165, 1.54) is 60.7 Å². The standard InChI is InChI=1S/2C31H29FN2O3S.2C25H25FN2O3S/c2*1-33-27(16-17-28(36)20-10-13-23(32)14-11-20)30(34(31(33)38)24-7-3-2-4-8-24)26-15-12-22(19-29(26)37)21-6-5-9-25(35)18-21;2*1-27-21(13-14-22(30)16-7-9-17(26)10-8-16)24(20-12-11-19(29)15-23(20)31)28(25(27)32)18-5-3-2-4-6-18/h2*2-15,18-19,27-28,30,35-37H,16-17H2,1H3;2*2-12,15,21-22,24,29-31H,13-14H2,1H3/t27-,28?,30+;;21-,22?,24+;21-,22-,24+/m0.00/s1. The molecular formula is C112H108F4N8O12S4. The van der Waals surface area contributed by atoms with Crippen LogP contribution in [0, 0.1) is 23.3 Å². The third kappa shape index (κ3) is 22.9. The van der Waals surface area contributed by atoms with E-state index in [1.807, 2.05) is 225 Å². The van der Waals surface area contributed by atoms with Crippen LogP contribution in [0.15, 0.2) is 340 Å². The van der Waals surface area contributed by atoms with Crippen LogP contribution in [0.5, 0.6) is 46.0 Å². The number of thiocarbonyl (C=S) groups is 4. The largest absolute Gasteiger partial charge is 0.508 e. The first-order chi connectivity index (χ1) is 67.4. The van der Waals surface area contributed by atoms with Crippen LogP contribution in [0.4, 0.5) is 40.3 Å². The minimum Gasteiger partial charge on any atom is -0.508 e. The lowest BCUT2D eigenvalue weighted by Gasteiger charge is -2.30. The lowest BCUT2D eigenvalue weighted by molar-refractivity contribution is 0.152. The highest BCUT2D eigenvalue weighted by atomic mass is 32.1. The van der Waals surface area contributed by atoms with Gasteiger partial charge >= 0.3 is 0 Å². The highest BCUT2D eigenvalue weighted by Crippen LogP contribution is 2.51. The number of rotatable bonds is 26. The van der Waals surface area contributed by atoms with Crippen molar-refractivity contribution in [3.05, 3.63) is 407 Å². The van der Waals surface area contributed by atoms with Crippen molar-refractivity contribution < 1.29 is 78.8 Å². The molecule has 0 spiro atoms. The Balaban J connectivity index is 0.000000142. The van der Waals surface area contributed by atoms with E-state index in [4.69, 9.17) is 48.9 Å². The zero-order chi connectivity index (χ0) is 99.3. The zero-order valence-electron chi connectivity index (χ0n) is 77.0. The number of hydrogen-bond donors (Lipinski definition) is 12. The van der Waals surface area contributed by atoms with Crippen LogP contribution < -0.4 is 19.6 Å². The molecule has 720 valence electrons. The molecule has 0 radical (unpaired) electrons. The molecule has 12 atom stereocenters. The fourth-order valence-electron chi connectivity index (χ4n) is 19.1. The van der Waals surface area contributed by atoms with Gasteiger partial charge in [0.05, 0.1) is 72.8 Å². The third-order valence-corrected chi connectivity index (χ3v) is 28.4. The molecule has 20 nitrogen and oxygen atoms in total. The molecule has 0 bridgehead atoms. The molecule has 18 rings (SSSR count). The zero-order valence-corrected chi connectivity index (χ0v) is 80.3. The fraction of sp³-hybridized carbons (Fsp3) is 0.214. The van der Waals surface area contributed by atoms with Crippen LogP contribution in [-0.2, 0) is 0 Å². The molecule has 140 heavy (non-hydrogen) atoms. The number of aliphatic hydroxyl groups excluding tert-OH is 4. The maximum absolute atomic E-state index is 13.4. The average molecular weight is 1960 g/mol. The second kappa shape index (κ2) is 45.2. The predicted molar refractivity (Wildman–Crippen MR) is 556 cm³/mol. The van der Waals surface area contributed by atoms with Gasteiger partial charge in [0.2, 0.25) is 0 Å². The normalized spacial score (nSPS) is 18.7. The molecule has 4 aliphatic heterocycles. The molecule has 14 aromatic rings. The number of anilines is 4. The van der Waals surface area contributed by atoms with E-state index in [2.05, 4.69) is 0 Å². The summed E-state index contributed by atoms with van der Waals surface area (Å²) in [6.07, 6.45) is 1.02. The third-order valence-electron chi connectivity index (χ3n) is 26.4. The van der Waals surface area contributed by atoms with E-state index in [1.54, 1.807) is 121 Å². The Bertz CT molecular complexity index is 6230. The number of phenols is 8. The first kappa shape index (κ1) is 100. The van der Waals surface area contributed by atoms with Gasteiger partial charge in [-0.15, -0.1) is 0 Å². The van der Waals surface area contributed by atoms with Crippen molar-refractivity contribution in [2.24, 2.45) is 0 Å². The first-order valence-electron chi connectivity index (χ1n) is 45.9. The van der Waals surface area contributed by atoms with E-state index in [0.29, 0.717) is 116 Å². The van der Waals surface area contributed by atoms with Crippen molar-refractivity contribution in [1.82, 2.24) is 19.6 Å². The van der Waals surface area contributed by atoms with Gasteiger partial charge in [-0.25, -0.2) is 17.6 Å². The number of nitrogens with zero attached hydrogens (tertiary/aromatic N) is 8. The van der Waals surface area contributed by atoms with Crippen LogP contribution in [0.25, 0.3) is 22.3 Å². The molecule has 12 N–H and O–H groups in total. The summed E-state index contributed by atoms with van der Waals surface area (Å²) in [5.41, 5.74) is 12.1. The first-order valence-corrected chi connectivity index (χ1v) is 47.5. The monoisotopic (exact) mass is 1960 g/mol. The van der Waals surface area contributed by atoms with Gasteiger partial charge in [-0.1, -0.05) is 170 Å². The fourth-order valence-corrected chi connectivity index (χ4v) is 20.5. The van der Waals surface area contributed by atoms with E-state index >= 15 is 0 Å². The number of aromatic hydroxyl groups is 8. The molecular weight excluding hydrogens is 1850 g/mol. The quantitative estimate of drug-likeness (QED) is 0.0177. The van der Waals surface area contributed by atoms with Crippen LogP contribution in [0.1, 0.15) is 144 Å². The number of hydrogen-bond acceptors (Lipinski definition) is 16. The van der Waals surface area contributed by atoms with E-state index in [-0.39, 0.29) is 118 Å². The summed E-state index contributed by atoms with van der Waals surface area (Å²) in [6, 6.07) is 94.7. The Labute approximate surface area is 832 Å². The lowest BCUT2D eigenvalue weighted by atomic mass is 9.91. The van der Waals surface area contributed by atoms with Crippen LogP contribution in [0.3, 0.4) is 0 Å². The van der Waals surface area contributed by atoms with Crippen LogP contribution >= 0.6 is 48.9 Å². The van der Waals surface area contributed by atoms with Crippen molar-refractivity contribution in [2.75, 3.05) is 47.8 Å². The Kier molecular flexibility index (Phi) is 32.3. The van der Waals surface area contributed by atoms with Gasteiger partial charge in [0.1, 0.15) is 69.3 Å². The van der Waals surface area contributed by atoms with Crippen molar-refractivity contribution in [3.8, 4) is 68.2 Å². The van der Waals surface area contributed by atoms with Gasteiger partial charge in [-0.05, 0) is 302 Å². The average Bonchev–Trinajstić information content (AvgIpc) is 1.61. The van der Waals surface area contributed by atoms with E-state index in [9.17, 15) is 78.8 Å². The van der Waals surface area contributed by atoms with Crippen LogP contribution in [0.2, 0.25) is 0 Å². The van der Waals surface area contributed by atoms with E-state index in [0.717, 1.165) is 45.0 Å². The van der Waals surface area contributed by atoms with Crippen molar-refractivity contribution in [1.29, 1.82) is 0 Å². The number of aliphatic hydroxyl groups is 4. The minimum atomic E-state index is -0.759. The Hall–Kier alpha value is -14.2. The van der Waals surface area contributed by atoms with Crippen molar-refractivity contribution >= 4 is 92.1 Å². The number of phenolic OH excluding ortho intramolecular Hbond substituents is 8. The summed E-state index contributed by atoms with van der Waals surface area (Å²) in [6.45, 7) is 0. The number of para-hydroxylation sites is 4. The van der Waals surface area contributed by atoms with Crippen molar-refractivity contribution in [3.63, 3.8) is 0 Å². The van der Waals surface area contributed by atoms with Crippen LogP contribution in [-0.4, -0.2) is 154 Å². The summed E-state index contributed by atoms with van der Waals surface area (Å²) in [7, 11) is 7.69. The number of halogens is 4. The molecule has 0 saturated carbocycles. The summed E-state index contributed by atoms with van der Waals surface area (Å²) in [5.74, 6) is -0.882. The number of likely N-dealkylation sites (N-methyl/N-ethyl adjacent to an activating group) is 4. The Morgan fingerprint density at radius 2 is 0.443 bits per heavy atom. The summed E-state index contributed by atoms with van der Waals surface area (Å²) in [4.78, 5) is 16.1. The molecule has 0 amide bonds. The number of benzene rings is 14. The SMILES string of the molecule is CN1C(=S)N(c2ccccc2)C(c2ccc(-c3cccc(O)c3)cc2O)C1CCC(O)c1ccc(F)cc1.CN1C(=S)N(c2ccccc2)[C@H](c2ccc(-c3cccc(O)c3)cc2O)[C@@H]1CCC(O)c1ccc(F)cc1.CN1C(=S)N(c2ccccc2)[C@H](c2ccc(O)cc2O)[C@@H]1CCC(O)c1ccc(F)cc1.CN1C(=S)N(c2ccccc2)[C@H](c2ccc(O)cc2O)[C@@H]1CC[C@H](O)c1ccc(F)cc1. The van der Waals surface area contributed by atoms with Gasteiger partial charge in [-0.3, -0.25) is 0 Å². The molecule has 4 fully saturated rings. The van der Waals surface area contributed by atoms with Gasteiger partial charge in [0.25, 0.3) is 0 Å². The Morgan fingerprint density at radius 1 is 0.236 bits per heavy atom. The highest BCUT2D eigenvalue weighted by Gasteiger charge is 2.49. The highest BCUT2D eigenvalue weighted by molar-refractivity contribution is 7.81. The van der Waals surface area contributed by atoms with Gasteiger partial charge in [0, 0.05) is 85.3 Å². The smallest absolute Gasteiger partial charge is 0.176 e. The maximum atomic E-state index is 13.4. The molecule has 0 aromatic heterocycles. The van der Waals surface area contributed by atoms with Gasteiger partial charge in [-0.2, -0.15) is 0 Å². The minimum absolute atomic E-state index is 0.0156. The Morgan fingerprint density at radius 3 is 0.657 bits per heavy atom. The second-order valence-electron chi connectivity index (χ2n) is 35.2. The van der Waals surface area contributed by atoms with Crippen molar-refractivity contribution in [2.45, 2.75) is 124 Å². The molecule has 4 aliphatic rings. The molecule has 0 aliphatic carbocycles. The molecule has 4 heterocycles. The predicted octanol–water partition coefficient (Wildman–Crippen LogP) is 22.9. The summed E-state index contributed by atoms with van der Waals surface area (Å²) < 4.78 is 53.2.